The van der Waals surface area contributed by atoms with E-state index in [0.717, 1.165) is 16.7 Å². The molecule has 1 atom stereocenters. The lowest BCUT2D eigenvalue weighted by molar-refractivity contribution is -0.142. The molecule has 3 aromatic carbocycles. The molecule has 0 aliphatic carbocycles. The van der Waals surface area contributed by atoms with Gasteiger partial charge in [0.15, 0.2) is 0 Å². The number of hydrogen-bond acceptors (Lipinski definition) is 7. The van der Waals surface area contributed by atoms with E-state index in [1.165, 1.54) is 7.11 Å². The van der Waals surface area contributed by atoms with Crippen LogP contribution in [0.15, 0.2) is 121 Å². The summed E-state index contributed by atoms with van der Waals surface area (Å²) in [5.41, 5.74) is 4.03. The van der Waals surface area contributed by atoms with E-state index < -0.39 is 11.9 Å². The molecule has 0 radical (unpaired) electrons. The van der Waals surface area contributed by atoms with E-state index in [9.17, 15) is 10.1 Å². The molecule has 3 aromatic rings. The predicted octanol–water partition coefficient (Wildman–Crippen LogP) is 6.53. The molecule has 0 N–H and O–H groups in total. The molecule has 7 heteroatoms. The van der Waals surface area contributed by atoms with E-state index >= 15 is 0 Å². The van der Waals surface area contributed by atoms with Gasteiger partial charge in [0.2, 0.25) is 0 Å². The molecule has 3 rings (SSSR count). The Morgan fingerprint density at radius 1 is 0.950 bits per heavy atom. The summed E-state index contributed by atoms with van der Waals surface area (Å²) in [7, 11) is 1.51. The van der Waals surface area contributed by atoms with Gasteiger partial charge in [-0.3, -0.25) is 4.79 Å². The third kappa shape index (κ3) is 9.34. The Morgan fingerprint density at radius 3 is 2.25 bits per heavy atom. The quantitative estimate of drug-likeness (QED) is 0.0949. The third-order valence-corrected chi connectivity index (χ3v) is 5.82. The molecule has 0 heterocycles. The molecule has 0 spiro atoms. The highest BCUT2D eigenvalue weighted by Gasteiger charge is 2.17. The Balaban J connectivity index is 1.49. The Kier molecular flexibility index (Phi) is 11.8. The zero-order chi connectivity index (χ0) is 28.6. The van der Waals surface area contributed by atoms with Crippen LogP contribution in [0.25, 0.3) is 0 Å². The molecular weight excluding hydrogens is 504 g/mol. The molecule has 0 aliphatic heterocycles. The summed E-state index contributed by atoms with van der Waals surface area (Å²) in [6.07, 6.45) is 4.86. The van der Waals surface area contributed by atoms with E-state index in [0.29, 0.717) is 29.4 Å². The largest absolute Gasteiger partial charge is 0.489 e. The van der Waals surface area contributed by atoms with Gasteiger partial charge in [-0.2, -0.15) is 5.26 Å². The fraction of sp³-hybridized carbons (Fsp3) is 0.182. The summed E-state index contributed by atoms with van der Waals surface area (Å²) in [5.74, 6) is 0.266. The van der Waals surface area contributed by atoms with E-state index in [1.54, 1.807) is 42.5 Å². The number of rotatable bonds is 15. The number of ether oxygens (including phenoxy) is 3. The molecule has 0 fully saturated rings. The minimum absolute atomic E-state index is 0.0478. The molecule has 0 aliphatic rings. The number of nitrogens with zero attached hydrogens (tertiary/aromatic N) is 2. The van der Waals surface area contributed by atoms with Crippen LogP contribution >= 0.6 is 0 Å². The van der Waals surface area contributed by atoms with Gasteiger partial charge in [-0.1, -0.05) is 91.1 Å². The number of esters is 1. The molecule has 1 unspecified atom stereocenters. The number of carbonyl (C=O) groups excluding carboxylic acids is 1. The lowest BCUT2D eigenvalue weighted by atomic mass is 9.97. The predicted molar refractivity (Wildman–Crippen MR) is 155 cm³/mol. The van der Waals surface area contributed by atoms with Crippen LogP contribution in [0.5, 0.6) is 11.5 Å². The molecular formula is C33H32N2O5. The maximum atomic E-state index is 12.2. The highest BCUT2D eigenvalue weighted by atomic mass is 16.6. The molecule has 204 valence electrons. The summed E-state index contributed by atoms with van der Waals surface area (Å²) in [5, 5.41) is 13.7. The van der Waals surface area contributed by atoms with E-state index in [-0.39, 0.29) is 19.6 Å². The molecule has 40 heavy (non-hydrogen) atoms. The Bertz CT molecular complexity index is 1350. The number of allylic oxidation sites excluding steroid dienone is 2. The molecule has 0 aromatic heterocycles. The van der Waals surface area contributed by atoms with Gasteiger partial charge in [-0.05, 0) is 41.0 Å². The maximum Gasteiger partial charge on any atom is 0.307 e. The topological polar surface area (TPSA) is 90.1 Å². The van der Waals surface area contributed by atoms with Gasteiger partial charge in [-0.25, -0.2) is 0 Å². The van der Waals surface area contributed by atoms with Gasteiger partial charge >= 0.3 is 5.97 Å². The number of hydrogen-bond donors (Lipinski definition) is 0. The van der Waals surface area contributed by atoms with Crippen molar-refractivity contribution in [1.29, 1.82) is 5.26 Å². The van der Waals surface area contributed by atoms with Gasteiger partial charge in [0, 0.05) is 5.56 Å². The lowest BCUT2D eigenvalue weighted by Crippen LogP contribution is -2.13. The third-order valence-electron chi connectivity index (χ3n) is 5.82. The summed E-state index contributed by atoms with van der Waals surface area (Å²) in [6, 6.07) is 26.6. The van der Waals surface area contributed by atoms with E-state index in [1.807, 2.05) is 54.6 Å². The summed E-state index contributed by atoms with van der Waals surface area (Å²) < 4.78 is 17.0. The standard InChI is InChI=1S/C33H32N2O5/c1-4-9-25(5-2)22-40-33(36)20-29(21-34)27-14-18-31(19-15-27)38-23-26-12-16-30(17-13-26)39-24-32(35-37-3)28-10-7-6-8-11-28/h4-19,29H,1-2,20,22-24H2,3H3/b25-9+,35-32+. The van der Waals surface area contributed by atoms with Gasteiger partial charge in [0.05, 0.1) is 18.4 Å². The smallest absolute Gasteiger partial charge is 0.307 e. The van der Waals surface area contributed by atoms with Crippen molar-refractivity contribution >= 4 is 11.7 Å². The van der Waals surface area contributed by atoms with Crippen LogP contribution in [-0.2, 0) is 21.0 Å². The second-order valence-corrected chi connectivity index (χ2v) is 8.60. The van der Waals surface area contributed by atoms with Crippen LogP contribution in [0.1, 0.15) is 29.0 Å². The molecule has 0 saturated heterocycles. The van der Waals surface area contributed by atoms with Crippen LogP contribution < -0.4 is 9.47 Å². The molecule has 0 saturated carbocycles. The van der Waals surface area contributed by atoms with Crippen LogP contribution in [0, 0.1) is 11.3 Å². The van der Waals surface area contributed by atoms with Crippen molar-refractivity contribution < 1.29 is 23.8 Å². The average Bonchev–Trinajstić information content (AvgIpc) is 3.00. The normalized spacial score (nSPS) is 12.0. The monoisotopic (exact) mass is 536 g/mol. The van der Waals surface area contributed by atoms with Crippen molar-refractivity contribution in [3.8, 4) is 17.6 Å². The number of oxime groups is 1. The first-order valence-corrected chi connectivity index (χ1v) is 12.7. The van der Waals surface area contributed by atoms with Gasteiger partial charge < -0.3 is 19.0 Å². The summed E-state index contributed by atoms with van der Waals surface area (Å²) in [6.45, 7) is 8.00. The Morgan fingerprint density at radius 2 is 1.62 bits per heavy atom. The highest BCUT2D eigenvalue weighted by molar-refractivity contribution is 6.01. The van der Waals surface area contributed by atoms with E-state index in [4.69, 9.17) is 19.0 Å². The fourth-order valence-electron chi connectivity index (χ4n) is 3.65. The van der Waals surface area contributed by atoms with Crippen molar-refractivity contribution in [3.63, 3.8) is 0 Å². The van der Waals surface area contributed by atoms with Crippen LogP contribution in [0.2, 0.25) is 0 Å². The first-order chi connectivity index (χ1) is 19.6. The van der Waals surface area contributed by atoms with Gasteiger partial charge in [0.25, 0.3) is 0 Å². The second-order valence-electron chi connectivity index (χ2n) is 8.60. The van der Waals surface area contributed by atoms with Crippen molar-refractivity contribution in [2.75, 3.05) is 20.3 Å². The highest BCUT2D eigenvalue weighted by Crippen LogP contribution is 2.23. The second kappa shape index (κ2) is 16.0. The van der Waals surface area contributed by atoms with Crippen molar-refractivity contribution in [3.05, 3.63) is 133 Å². The SMILES string of the molecule is C=C/C=C(\C=C)COC(=O)CC(C#N)c1ccc(OCc2ccc(OC/C(=N\OC)c3ccccc3)cc2)cc1. The number of nitriles is 1. The average molecular weight is 537 g/mol. The Labute approximate surface area is 235 Å². The van der Waals surface area contributed by atoms with Crippen LogP contribution in [0.3, 0.4) is 0 Å². The number of benzene rings is 3. The minimum Gasteiger partial charge on any atom is -0.489 e. The fourth-order valence-corrected chi connectivity index (χ4v) is 3.65. The van der Waals surface area contributed by atoms with Crippen LogP contribution in [-0.4, -0.2) is 32.0 Å². The Hall–Kier alpha value is -5.09. The zero-order valence-corrected chi connectivity index (χ0v) is 22.5. The summed E-state index contributed by atoms with van der Waals surface area (Å²) in [4.78, 5) is 17.2. The molecule has 0 amide bonds. The van der Waals surface area contributed by atoms with Crippen molar-refractivity contribution in [1.82, 2.24) is 0 Å². The minimum atomic E-state index is -0.624. The zero-order valence-electron chi connectivity index (χ0n) is 22.5. The number of carbonyl (C=O) groups is 1. The first-order valence-electron chi connectivity index (χ1n) is 12.7. The first kappa shape index (κ1) is 29.5. The van der Waals surface area contributed by atoms with Gasteiger partial charge in [-0.15, -0.1) is 0 Å². The lowest BCUT2D eigenvalue weighted by Gasteiger charge is -2.12. The van der Waals surface area contributed by atoms with E-state index in [2.05, 4.69) is 24.4 Å². The molecule has 0 bridgehead atoms. The van der Waals surface area contributed by atoms with Crippen molar-refractivity contribution in [2.24, 2.45) is 5.16 Å². The maximum absolute atomic E-state index is 12.2. The summed E-state index contributed by atoms with van der Waals surface area (Å²) >= 11 is 0. The van der Waals surface area contributed by atoms with Gasteiger partial charge in [0.1, 0.15) is 44.1 Å². The van der Waals surface area contributed by atoms with Crippen molar-refractivity contribution in [2.45, 2.75) is 18.9 Å². The van der Waals surface area contributed by atoms with Crippen LogP contribution in [0.4, 0.5) is 0 Å². The molecule has 7 nitrogen and oxygen atoms in total.